The Bertz CT molecular complexity index is 399. The lowest BCUT2D eigenvalue weighted by Gasteiger charge is -2.19. The standard InChI is InChI=1S/C15H20N2O/c1-4-10-17(11-5-2)15(18)16-12-14-8-6-13(3)7-9-14/h4-9H,1-2,10-12H2,3H3,(H,16,18). The van der Waals surface area contributed by atoms with Crippen molar-refractivity contribution < 1.29 is 4.79 Å². The van der Waals surface area contributed by atoms with Crippen molar-refractivity contribution in [1.82, 2.24) is 10.2 Å². The number of benzene rings is 1. The van der Waals surface area contributed by atoms with Gasteiger partial charge < -0.3 is 10.2 Å². The highest BCUT2D eigenvalue weighted by atomic mass is 16.2. The van der Waals surface area contributed by atoms with E-state index in [0.29, 0.717) is 19.6 Å². The number of carbonyl (C=O) groups is 1. The van der Waals surface area contributed by atoms with Gasteiger partial charge in [0.25, 0.3) is 0 Å². The van der Waals surface area contributed by atoms with Gasteiger partial charge in [0.1, 0.15) is 0 Å². The molecule has 0 heterocycles. The molecule has 18 heavy (non-hydrogen) atoms. The van der Waals surface area contributed by atoms with Crippen LogP contribution in [-0.2, 0) is 6.54 Å². The van der Waals surface area contributed by atoms with Crippen molar-refractivity contribution in [2.45, 2.75) is 13.5 Å². The van der Waals surface area contributed by atoms with Crippen LogP contribution in [0.2, 0.25) is 0 Å². The first-order chi connectivity index (χ1) is 8.67. The maximum atomic E-state index is 11.9. The molecule has 2 amide bonds. The van der Waals surface area contributed by atoms with Gasteiger partial charge in [-0.15, -0.1) is 13.2 Å². The molecule has 1 aromatic rings. The van der Waals surface area contributed by atoms with E-state index in [9.17, 15) is 4.79 Å². The highest BCUT2D eigenvalue weighted by Gasteiger charge is 2.09. The summed E-state index contributed by atoms with van der Waals surface area (Å²) in [6, 6.07) is 8.00. The zero-order valence-corrected chi connectivity index (χ0v) is 10.9. The van der Waals surface area contributed by atoms with Crippen molar-refractivity contribution in [2.24, 2.45) is 0 Å². The van der Waals surface area contributed by atoms with E-state index in [2.05, 4.69) is 18.5 Å². The summed E-state index contributed by atoms with van der Waals surface area (Å²) in [7, 11) is 0. The number of rotatable bonds is 6. The first-order valence-electron chi connectivity index (χ1n) is 5.97. The largest absolute Gasteiger partial charge is 0.334 e. The van der Waals surface area contributed by atoms with Gasteiger partial charge in [-0.3, -0.25) is 0 Å². The van der Waals surface area contributed by atoms with Gasteiger partial charge in [0.15, 0.2) is 0 Å². The Kier molecular flexibility index (Phi) is 5.71. The molecule has 96 valence electrons. The molecule has 0 spiro atoms. The fourth-order valence-electron chi connectivity index (χ4n) is 1.55. The van der Waals surface area contributed by atoms with E-state index < -0.39 is 0 Å². The first kappa shape index (κ1) is 14.0. The molecule has 0 bridgehead atoms. The van der Waals surface area contributed by atoms with Gasteiger partial charge >= 0.3 is 6.03 Å². The molecule has 0 aromatic heterocycles. The average Bonchev–Trinajstić information content (AvgIpc) is 2.37. The van der Waals surface area contributed by atoms with Crippen molar-refractivity contribution >= 4 is 6.03 Å². The van der Waals surface area contributed by atoms with E-state index in [1.54, 1.807) is 17.1 Å². The molecule has 0 aliphatic heterocycles. The van der Waals surface area contributed by atoms with Crippen LogP contribution in [0.25, 0.3) is 0 Å². The van der Waals surface area contributed by atoms with Crippen molar-refractivity contribution in [1.29, 1.82) is 0 Å². The third-order valence-electron chi connectivity index (χ3n) is 2.55. The van der Waals surface area contributed by atoms with Gasteiger partial charge in [-0.05, 0) is 12.5 Å². The molecule has 0 aliphatic carbocycles. The number of aryl methyl sites for hydroxylation is 1. The molecule has 0 aliphatic rings. The molecular formula is C15H20N2O. The van der Waals surface area contributed by atoms with Crippen molar-refractivity contribution in [3.8, 4) is 0 Å². The SMILES string of the molecule is C=CCN(CC=C)C(=O)NCc1ccc(C)cc1. The third-order valence-corrected chi connectivity index (χ3v) is 2.55. The Balaban J connectivity index is 2.50. The lowest BCUT2D eigenvalue weighted by Crippen LogP contribution is -2.39. The number of carbonyl (C=O) groups excluding carboxylic acids is 1. The molecule has 0 unspecified atom stereocenters. The summed E-state index contributed by atoms with van der Waals surface area (Å²) in [4.78, 5) is 13.5. The summed E-state index contributed by atoms with van der Waals surface area (Å²) in [5, 5.41) is 2.88. The van der Waals surface area contributed by atoms with E-state index in [4.69, 9.17) is 0 Å². The molecule has 3 heteroatoms. The average molecular weight is 244 g/mol. The quantitative estimate of drug-likeness (QED) is 0.767. The summed E-state index contributed by atoms with van der Waals surface area (Å²) in [6.45, 7) is 10.9. The monoisotopic (exact) mass is 244 g/mol. The third kappa shape index (κ3) is 4.45. The fraction of sp³-hybridized carbons (Fsp3) is 0.267. The van der Waals surface area contributed by atoms with Crippen molar-refractivity contribution in [3.63, 3.8) is 0 Å². The van der Waals surface area contributed by atoms with Crippen molar-refractivity contribution in [2.75, 3.05) is 13.1 Å². The van der Waals surface area contributed by atoms with Crippen LogP contribution in [0.15, 0.2) is 49.6 Å². The fourth-order valence-corrected chi connectivity index (χ4v) is 1.55. The molecule has 1 rings (SSSR count). The van der Waals surface area contributed by atoms with Crippen LogP contribution < -0.4 is 5.32 Å². The predicted molar refractivity (Wildman–Crippen MR) is 75.4 cm³/mol. The van der Waals surface area contributed by atoms with Gasteiger partial charge in [0.2, 0.25) is 0 Å². The summed E-state index contributed by atoms with van der Waals surface area (Å²) in [6.07, 6.45) is 3.41. The second kappa shape index (κ2) is 7.33. The van der Waals surface area contributed by atoms with Crippen molar-refractivity contribution in [3.05, 3.63) is 60.7 Å². The number of amides is 2. The zero-order chi connectivity index (χ0) is 13.4. The molecular weight excluding hydrogens is 224 g/mol. The molecule has 0 saturated carbocycles. The van der Waals surface area contributed by atoms with Crippen LogP contribution in [-0.4, -0.2) is 24.0 Å². The highest BCUT2D eigenvalue weighted by molar-refractivity contribution is 5.74. The Hall–Kier alpha value is -2.03. The van der Waals surface area contributed by atoms with Gasteiger partial charge in [0, 0.05) is 19.6 Å². The van der Waals surface area contributed by atoms with E-state index in [0.717, 1.165) is 5.56 Å². The normalized spacial score (nSPS) is 9.61. The summed E-state index contributed by atoms with van der Waals surface area (Å²) in [5.41, 5.74) is 2.30. The summed E-state index contributed by atoms with van der Waals surface area (Å²) in [5.74, 6) is 0. The molecule has 1 N–H and O–H groups in total. The van der Waals surface area contributed by atoms with Gasteiger partial charge in [-0.1, -0.05) is 42.0 Å². The van der Waals surface area contributed by atoms with E-state index in [1.807, 2.05) is 31.2 Å². The second-order valence-electron chi connectivity index (χ2n) is 4.13. The number of urea groups is 1. The Labute approximate surface area is 109 Å². The first-order valence-corrected chi connectivity index (χ1v) is 5.97. The zero-order valence-electron chi connectivity index (χ0n) is 10.9. The Morgan fingerprint density at radius 1 is 1.22 bits per heavy atom. The molecule has 1 aromatic carbocycles. The topological polar surface area (TPSA) is 32.3 Å². The Morgan fingerprint density at radius 2 is 1.78 bits per heavy atom. The van der Waals surface area contributed by atoms with E-state index in [-0.39, 0.29) is 6.03 Å². The minimum atomic E-state index is -0.102. The lowest BCUT2D eigenvalue weighted by atomic mass is 10.1. The minimum absolute atomic E-state index is 0.102. The number of hydrogen-bond acceptors (Lipinski definition) is 1. The van der Waals surface area contributed by atoms with Gasteiger partial charge in [-0.2, -0.15) is 0 Å². The smallest absolute Gasteiger partial charge is 0.318 e. The van der Waals surface area contributed by atoms with Gasteiger partial charge in [0.05, 0.1) is 0 Å². The maximum Gasteiger partial charge on any atom is 0.318 e. The summed E-state index contributed by atoms with van der Waals surface area (Å²) < 4.78 is 0. The molecule has 0 atom stereocenters. The van der Waals surface area contributed by atoms with Crippen LogP contribution >= 0.6 is 0 Å². The van der Waals surface area contributed by atoms with Crippen LogP contribution in [0.3, 0.4) is 0 Å². The van der Waals surface area contributed by atoms with Crippen LogP contribution in [0.4, 0.5) is 4.79 Å². The molecule has 0 radical (unpaired) electrons. The number of nitrogens with one attached hydrogen (secondary N) is 1. The van der Waals surface area contributed by atoms with E-state index >= 15 is 0 Å². The van der Waals surface area contributed by atoms with Crippen LogP contribution in [0, 0.1) is 6.92 Å². The van der Waals surface area contributed by atoms with Crippen LogP contribution in [0.5, 0.6) is 0 Å². The Morgan fingerprint density at radius 3 is 2.28 bits per heavy atom. The highest BCUT2D eigenvalue weighted by Crippen LogP contribution is 2.03. The predicted octanol–water partition coefficient (Wildman–Crippen LogP) is 2.88. The molecule has 3 nitrogen and oxygen atoms in total. The maximum absolute atomic E-state index is 11.9. The number of hydrogen-bond donors (Lipinski definition) is 1. The molecule has 0 saturated heterocycles. The van der Waals surface area contributed by atoms with Gasteiger partial charge in [-0.25, -0.2) is 4.79 Å². The lowest BCUT2D eigenvalue weighted by molar-refractivity contribution is 0.208. The van der Waals surface area contributed by atoms with Crippen LogP contribution in [0.1, 0.15) is 11.1 Å². The molecule has 0 fully saturated rings. The summed E-state index contributed by atoms with van der Waals surface area (Å²) >= 11 is 0. The number of nitrogens with zero attached hydrogens (tertiary/aromatic N) is 1. The van der Waals surface area contributed by atoms with E-state index in [1.165, 1.54) is 5.56 Å². The minimum Gasteiger partial charge on any atom is -0.334 e. The second-order valence-corrected chi connectivity index (χ2v) is 4.13.